The van der Waals surface area contributed by atoms with Crippen LogP contribution in [-0.2, 0) is 25.7 Å². The number of nitrogens with one attached hydrogen (secondary N) is 4. The second-order valence-electron chi connectivity index (χ2n) is 6.62. The number of alkyl carbamates (subject to hydrolysis) is 1. The molecule has 4 N–H and O–H groups in total. The molecule has 9 nitrogen and oxygen atoms in total. The van der Waals surface area contributed by atoms with Gasteiger partial charge < -0.3 is 15.4 Å². The molecule has 1 aromatic carbocycles. The van der Waals surface area contributed by atoms with Gasteiger partial charge in [-0.2, -0.15) is 0 Å². The minimum atomic E-state index is -0.968. The normalized spacial score (nSPS) is 14.0. The molecule has 9 heteroatoms. The van der Waals surface area contributed by atoms with E-state index in [1.807, 2.05) is 35.8 Å². The van der Waals surface area contributed by atoms with E-state index in [1.54, 1.807) is 13.8 Å². The molecule has 1 saturated carbocycles. The molecule has 1 atom stereocenters. The van der Waals surface area contributed by atoms with Crippen molar-refractivity contribution in [2.75, 3.05) is 0 Å². The molecule has 0 saturated heterocycles. The van der Waals surface area contributed by atoms with Crippen LogP contribution in [0.4, 0.5) is 4.79 Å². The predicted octanol–water partition coefficient (Wildman–Crippen LogP) is 0.363. The van der Waals surface area contributed by atoms with Gasteiger partial charge in [-0.25, -0.2) is 4.79 Å². The molecule has 27 heavy (non-hydrogen) atoms. The van der Waals surface area contributed by atoms with Gasteiger partial charge in [0.2, 0.25) is 0 Å². The van der Waals surface area contributed by atoms with Crippen LogP contribution in [0.2, 0.25) is 0 Å². The highest BCUT2D eigenvalue weighted by atomic mass is 16.5. The van der Waals surface area contributed by atoms with E-state index in [4.69, 9.17) is 4.74 Å². The van der Waals surface area contributed by atoms with Crippen LogP contribution in [0.25, 0.3) is 0 Å². The number of hydrazine groups is 1. The molecule has 0 aromatic heterocycles. The molecule has 2 rings (SSSR count). The molecule has 146 valence electrons. The second kappa shape index (κ2) is 9.56. The van der Waals surface area contributed by atoms with E-state index in [0.717, 1.165) is 18.4 Å². The van der Waals surface area contributed by atoms with Gasteiger partial charge in [0.25, 0.3) is 5.91 Å². The fourth-order valence-corrected chi connectivity index (χ4v) is 2.16. The van der Waals surface area contributed by atoms with Crippen molar-refractivity contribution in [3.8, 4) is 0 Å². The lowest BCUT2D eigenvalue weighted by Crippen LogP contribution is -2.56. The van der Waals surface area contributed by atoms with Crippen LogP contribution in [0, 0.1) is 5.92 Å². The summed E-state index contributed by atoms with van der Waals surface area (Å²) in [7, 11) is 0. The first-order valence-corrected chi connectivity index (χ1v) is 8.74. The van der Waals surface area contributed by atoms with Gasteiger partial charge in [0.1, 0.15) is 12.6 Å². The molecule has 0 heterocycles. The number of benzene rings is 1. The molecule has 1 fully saturated rings. The van der Waals surface area contributed by atoms with Crippen LogP contribution in [0.15, 0.2) is 30.3 Å². The minimum absolute atomic E-state index is 0.0309. The summed E-state index contributed by atoms with van der Waals surface area (Å²) in [6.45, 7) is 3.52. The van der Waals surface area contributed by atoms with Crippen molar-refractivity contribution in [1.29, 1.82) is 0 Å². The lowest BCUT2D eigenvalue weighted by Gasteiger charge is -2.21. The first-order chi connectivity index (χ1) is 12.9. The molecular formula is C18H24N4O5. The van der Waals surface area contributed by atoms with Crippen molar-refractivity contribution in [2.45, 2.75) is 45.4 Å². The van der Waals surface area contributed by atoms with Crippen LogP contribution in [0.5, 0.6) is 0 Å². The average molecular weight is 376 g/mol. The summed E-state index contributed by atoms with van der Waals surface area (Å²) in [6.07, 6.45) is 0.927. The molecule has 0 aliphatic heterocycles. The van der Waals surface area contributed by atoms with Crippen LogP contribution >= 0.6 is 0 Å². The zero-order chi connectivity index (χ0) is 19.8. The minimum Gasteiger partial charge on any atom is -0.445 e. The van der Waals surface area contributed by atoms with E-state index in [2.05, 4.69) is 16.1 Å². The zero-order valence-electron chi connectivity index (χ0n) is 15.3. The third kappa shape index (κ3) is 6.96. The van der Waals surface area contributed by atoms with Crippen molar-refractivity contribution in [3.05, 3.63) is 35.9 Å². The summed E-state index contributed by atoms with van der Waals surface area (Å²) >= 11 is 0. The van der Waals surface area contributed by atoms with E-state index in [9.17, 15) is 19.2 Å². The second-order valence-corrected chi connectivity index (χ2v) is 6.62. The van der Waals surface area contributed by atoms with Crippen LogP contribution < -0.4 is 21.5 Å². The van der Waals surface area contributed by atoms with Gasteiger partial charge in [0.05, 0.1) is 0 Å². The Hall–Kier alpha value is -3.10. The summed E-state index contributed by atoms with van der Waals surface area (Å²) in [5, 5.41) is 4.96. The lowest BCUT2D eigenvalue weighted by molar-refractivity contribution is -0.141. The molecule has 1 aliphatic rings. The van der Waals surface area contributed by atoms with Crippen molar-refractivity contribution >= 4 is 23.8 Å². The number of hydrogen-bond acceptors (Lipinski definition) is 5. The Morgan fingerprint density at radius 1 is 1.04 bits per heavy atom. The molecule has 1 aromatic rings. The van der Waals surface area contributed by atoms with Gasteiger partial charge >= 0.3 is 17.9 Å². The van der Waals surface area contributed by atoms with Gasteiger partial charge in [0.15, 0.2) is 0 Å². The average Bonchev–Trinajstić information content (AvgIpc) is 3.46. The Kier molecular flexibility index (Phi) is 7.16. The first kappa shape index (κ1) is 20.2. The smallest absolute Gasteiger partial charge is 0.408 e. The van der Waals surface area contributed by atoms with E-state index in [0.29, 0.717) is 0 Å². The molecular weight excluding hydrogens is 352 g/mol. The van der Waals surface area contributed by atoms with Gasteiger partial charge in [0, 0.05) is 6.04 Å². The number of rotatable bonds is 6. The standard InChI is InChI=1S/C18H24N4O5/c1-11(2)14(20-18(26)27-10-12-6-4-3-5-7-12)15(23)21-22-17(25)16(24)19-13-8-9-13/h3-7,11,13-14H,8-10H2,1-2H3,(H,19,24)(H,20,26)(H,21,23)(H,22,25)/t14-/m0/s1. The van der Waals surface area contributed by atoms with Gasteiger partial charge in [-0.3, -0.25) is 25.2 Å². The summed E-state index contributed by atoms with van der Waals surface area (Å²) in [6, 6.07) is 8.20. The maximum atomic E-state index is 12.2. The van der Waals surface area contributed by atoms with Crippen molar-refractivity contribution in [2.24, 2.45) is 5.92 Å². The Morgan fingerprint density at radius 2 is 1.70 bits per heavy atom. The quantitative estimate of drug-likeness (QED) is 0.421. The van der Waals surface area contributed by atoms with Crippen molar-refractivity contribution in [1.82, 2.24) is 21.5 Å². The third-order valence-corrected chi connectivity index (χ3v) is 3.85. The van der Waals surface area contributed by atoms with Crippen LogP contribution in [0.1, 0.15) is 32.3 Å². The van der Waals surface area contributed by atoms with E-state index in [-0.39, 0.29) is 18.6 Å². The lowest BCUT2D eigenvalue weighted by atomic mass is 10.0. The number of carbonyl (C=O) groups is 4. The zero-order valence-corrected chi connectivity index (χ0v) is 15.3. The summed E-state index contributed by atoms with van der Waals surface area (Å²) in [5.74, 6) is -2.71. The Labute approximate surface area is 157 Å². The largest absolute Gasteiger partial charge is 0.445 e. The number of amides is 4. The highest BCUT2D eigenvalue weighted by molar-refractivity contribution is 6.35. The molecule has 0 radical (unpaired) electrons. The van der Waals surface area contributed by atoms with E-state index >= 15 is 0 Å². The highest BCUT2D eigenvalue weighted by Gasteiger charge is 2.28. The summed E-state index contributed by atoms with van der Waals surface area (Å²) < 4.78 is 5.09. The molecule has 1 aliphatic carbocycles. The maximum absolute atomic E-state index is 12.2. The summed E-state index contributed by atoms with van der Waals surface area (Å²) in [5.41, 5.74) is 5.00. The number of ether oxygens (including phenoxy) is 1. The van der Waals surface area contributed by atoms with Gasteiger partial charge in [-0.15, -0.1) is 0 Å². The van der Waals surface area contributed by atoms with Gasteiger partial charge in [-0.05, 0) is 24.3 Å². The third-order valence-electron chi connectivity index (χ3n) is 3.85. The monoisotopic (exact) mass is 376 g/mol. The number of carbonyl (C=O) groups excluding carboxylic acids is 4. The molecule has 0 bridgehead atoms. The van der Waals surface area contributed by atoms with E-state index < -0.39 is 29.9 Å². The topological polar surface area (TPSA) is 126 Å². The van der Waals surface area contributed by atoms with Crippen LogP contribution in [-0.4, -0.2) is 35.9 Å². The van der Waals surface area contributed by atoms with Crippen molar-refractivity contribution < 1.29 is 23.9 Å². The molecule has 4 amide bonds. The number of hydrogen-bond donors (Lipinski definition) is 4. The predicted molar refractivity (Wildman–Crippen MR) is 95.8 cm³/mol. The van der Waals surface area contributed by atoms with Crippen LogP contribution in [0.3, 0.4) is 0 Å². The first-order valence-electron chi connectivity index (χ1n) is 8.74. The highest BCUT2D eigenvalue weighted by Crippen LogP contribution is 2.18. The van der Waals surface area contributed by atoms with Crippen molar-refractivity contribution in [3.63, 3.8) is 0 Å². The summed E-state index contributed by atoms with van der Waals surface area (Å²) in [4.78, 5) is 47.4. The SMILES string of the molecule is CC(C)[C@H](NC(=O)OCc1ccccc1)C(=O)NNC(=O)C(=O)NC1CC1. The fraction of sp³-hybridized carbons (Fsp3) is 0.444. The Bertz CT molecular complexity index is 688. The molecule has 0 unspecified atom stereocenters. The Morgan fingerprint density at radius 3 is 2.30 bits per heavy atom. The molecule has 0 spiro atoms. The Balaban J connectivity index is 1.78. The maximum Gasteiger partial charge on any atom is 0.408 e. The fourth-order valence-electron chi connectivity index (χ4n) is 2.16. The van der Waals surface area contributed by atoms with Gasteiger partial charge in [-0.1, -0.05) is 44.2 Å². The van der Waals surface area contributed by atoms with E-state index in [1.165, 1.54) is 0 Å².